The molecule has 0 aliphatic heterocycles. The minimum Gasteiger partial charge on any atom is -0.345 e. The van der Waals surface area contributed by atoms with E-state index in [1.54, 1.807) is 0 Å². The van der Waals surface area contributed by atoms with Crippen LogP contribution in [0.3, 0.4) is 0 Å². The molecule has 0 heterocycles. The molecule has 0 bridgehead atoms. The molecule has 18 heavy (non-hydrogen) atoms. The van der Waals surface area contributed by atoms with Crippen LogP contribution in [0.1, 0.15) is 58.8 Å². The van der Waals surface area contributed by atoms with Gasteiger partial charge in [-0.25, -0.2) is 0 Å². The Kier molecular flexibility index (Phi) is 6.13. The minimum absolute atomic E-state index is 0.256. The fraction of sp³-hybridized carbons (Fsp3) is 0.933. The Bertz CT molecular complexity index is 257. The summed E-state index contributed by atoms with van der Waals surface area (Å²) >= 11 is 0. The van der Waals surface area contributed by atoms with Gasteiger partial charge in [0.15, 0.2) is 0 Å². The number of nitrogens with zero attached hydrogens (tertiary/aromatic N) is 1. The molecule has 1 aliphatic carbocycles. The Balaban J connectivity index is 2.55. The molecule has 106 valence electrons. The molecule has 3 nitrogen and oxygen atoms in total. The van der Waals surface area contributed by atoms with Crippen molar-refractivity contribution in [2.75, 3.05) is 20.1 Å². The van der Waals surface area contributed by atoms with Crippen molar-refractivity contribution >= 4 is 5.91 Å². The minimum atomic E-state index is -0.256. The van der Waals surface area contributed by atoms with Crippen molar-refractivity contribution in [1.82, 2.24) is 4.90 Å². The Morgan fingerprint density at radius 3 is 2.44 bits per heavy atom. The number of hydrogen-bond donors (Lipinski definition) is 1. The summed E-state index contributed by atoms with van der Waals surface area (Å²) in [4.78, 5) is 14.5. The first kappa shape index (κ1) is 15.5. The predicted molar refractivity (Wildman–Crippen MR) is 76.3 cm³/mol. The van der Waals surface area contributed by atoms with E-state index >= 15 is 0 Å². The molecule has 0 aromatic carbocycles. The molecular formula is C15H30N2O. The summed E-state index contributed by atoms with van der Waals surface area (Å²) in [6.07, 6.45) is 7.74. The van der Waals surface area contributed by atoms with Gasteiger partial charge in [-0.3, -0.25) is 4.79 Å². The lowest BCUT2D eigenvalue weighted by molar-refractivity contribution is -0.142. The SMILES string of the molecule is CCCCCN(C)C(=O)C1(CN)CCC(C)CC1. The number of hydrogen-bond acceptors (Lipinski definition) is 2. The fourth-order valence-corrected chi connectivity index (χ4v) is 2.93. The van der Waals surface area contributed by atoms with Gasteiger partial charge in [-0.1, -0.05) is 26.7 Å². The zero-order valence-corrected chi connectivity index (χ0v) is 12.4. The molecule has 1 fully saturated rings. The zero-order chi connectivity index (χ0) is 13.6. The lowest BCUT2D eigenvalue weighted by Crippen LogP contribution is -2.48. The number of amides is 1. The van der Waals surface area contributed by atoms with Gasteiger partial charge in [-0.05, 0) is 38.0 Å². The molecule has 3 heteroatoms. The quantitative estimate of drug-likeness (QED) is 0.741. The van der Waals surface area contributed by atoms with Crippen LogP contribution in [0, 0.1) is 11.3 Å². The lowest BCUT2D eigenvalue weighted by atomic mass is 9.70. The molecule has 1 rings (SSSR count). The van der Waals surface area contributed by atoms with Gasteiger partial charge in [-0.2, -0.15) is 0 Å². The molecule has 0 atom stereocenters. The average molecular weight is 254 g/mol. The second-order valence-electron chi connectivity index (χ2n) is 6.10. The van der Waals surface area contributed by atoms with E-state index in [0.717, 1.165) is 44.6 Å². The van der Waals surface area contributed by atoms with E-state index in [1.807, 2.05) is 11.9 Å². The van der Waals surface area contributed by atoms with E-state index < -0.39 is 0 Å². The monoisotopic (exact) mass is 254 g/mol. The number of rotatable bonds is 6. The zero-order valence-electron chi connectivity index (χ0n) is 12.4. The van der Waals surface area contributed by atoms with E-state index in [4.69, 9.17) is 5.73 Å². The van der Waals surface area contributed by atoms with Crippen LogP contribution in [0.2, 0.25) is 0 Å². The van der Waals surface area contributed by atoms with Crippen molar-refractivity contribution in [3.05, 3.63) is 0 Å². The first-order valence-corrected chi connectivity index (χ1v) is 7.51. The summed E-state index contributed by atoms with van der Waals surface area (Å²) in [6.45, 7) is 5.85. The molecule has 0 unspecified atom stereocenters. The van der Waals surface area contributed by atoms with Crippen LogP contribution in [-0.2, 0) is 4.79 Å². The summed E-state index contributed by atoms with van der Waals surface area (Å²) in [5.74, 6) is 1.04. The van der Waals surface area contributed by atoms with Crippen LogP contribution in [-0.4, -0.2) is 30.9 Å². The van der Waals surface area contributed by atoms with Gasteiger partial charge < -0.3 is 10.6 Å². The third-order valence-corrected chi connectivity index (χ3v) is 4.52. The van der Waals surface area contributed by atoms with Crippen LogP contribution in [0.15, 0.2) is 0 Å². The maximum Gasteiger partial charge on any atom is 0.229 e. The van der Waals surface area contributed by atoms with E-state index in [2.05, 4.69) is 13.8 Å². The number of carbonyl (C=O) groups excluding carboxylic acids is 1. The van der Waals surface area contributed by atoms with Crippen molar-refractivity contribution in [1.29, 1.82) is 0 Å². The van der Waals surface area contributed by atoms with Gasteiger partial charge in [0, 0.05) is 20.1 Å². The molecule has 0 aromatic heterocycles. The maximum atomic E-state index is 12.6. The van der Waals surface area contributed by atoms with Crippen LogP contribution in [0.25, 0.3) is 0 Å². The fourth-order valence-electron chi connectivity index (χ4n) is 2.93. The average Bonchev–Trinajstić information content (AvgIpc) is 2.39. The summed E-state index contributed by atoms with van der Waals surface area (Å²) in [5, 5.41) is 0. The Morgan fingerprint density at radius 2 is 1.94 bits per heavy atom. The number of carbonyl (C=O) groups is 1. The maximum absolute atomic E-state index is 12.6. The summed E-state index contributed by atoms with van der Waals surface area (Å²) < 4.78 is 0. The second-order valence-corrected chi connectivity index (χ2v) is 6.10. The Labute approximate surface area is 112 Å². The van der Waals surface area contributed by atoms with Crippen LogP contribution >= 0.6 is 0 Å². The molecule has 1 amide bonds. The van der Waals surface area contributed by atoms with Crippen molar-refractivity contribution in [2.24, 2.45) is 17.1 Å². The van der Waals surface area contributed by atoms with Crippen molar-refractivity contribution < 1.29 is 4.79 Å². The molecule has 1 saturated carbocycles. The van der Waals surface area contributed by atoms with Gasteiger partial charge >= 0.3 is 0 Å². The smallest absolute Gasteiger partial charge is 0.229 e. The van der Waals surface area contributed by atoms with Crippen LogP contribution in [0.4, 0.5) is 0 Å². The summed E-state index contributed by atoms with van der Waals surface area (Å²) in [5.41, 5.74) is 5.67. The number of unbranched alkanes of at least 4 members (excludes halogenated alkanes) is 2. The highest BCUT2D eigenvalue weighted by Gasteiger charge is 2.41. The van der Waals surface area contributed by atoms with Crippen molar-refractivity contribution in [3.8, 4) is 0 Å². The standard InChI is InChI=1S/C15H30N2O/c1-4-5-6-11-17(3)14(18)15(12-16)9-7-13(2)8-10-15/h13H,4-12,16H2,1-3H3. The van der Waals surface area contributed by atoms with E-state index in [0.29, 0.717) is 6.54 Å². The highest BCUT2D eigenvalue weighted by Crippen LogP contribution is 2.39. The highest BCUT2D eigenvalue weighted by molar-refractivity contribution is 5.82. The van der Waals surface area contributed by atoms with Crippen LogP contribution in [0.5, 0.6) is 0 Å². The summed E-state index contributed by atoms with van der Waals surface area (Å²) in [6, 6.07) is 0. The van der Waals surface area contributed by atoms with E-state index in [-0.39, 0.29) is 11.3 Å². The first-order valence-electron chi connectivity index (χ1n) is 7.51. The normalized spacial score (nSPS) is 28.1. The Morgan fingerprint density at radius 1 is 1.33 bits per heavy atom. The van der Waals surface area contributed by atoms with Crippen molar-refractivity contribution in [3.63, 3.8) is 0 Å². The van der Waals surface area contributed by atoms with E-state index in [9.17, 15) is 4.79 Å². The second kappa shape index (κ2) is 7.13. The van der Waals surface area contributed by atoms with Gasteiger partial charge in [0.2, 0.25) is 5.91 Å². The molecular weight excluding hydrogens is 224 g/mol. The first-order chi connectivity index (χ1) is 8.55. The van der Waals surface area contributed by atoms with Gasteiger partial charge in [-0.15, -0.1) is 0 Å². The van der Waals surface area contributed by atoms with Crippen molar-refractivity contribution in [2.45, 2.75) is 58.8 Å². The number of nitrogens with two attached hydrogens (primary N) is 1. The Hall–Kier alpha value is -0.570. The van der Waals surface area contributed by atoms with Gasteiger partial charge in [0.1, 0.15) is 0 Å². The molecule has 0 saturated heterocycles. The molecule has 0 aromatic rings. The van der Waals surface area contributed by atoms with Gasteiger partial charge in [0.05, 0.1) is 5.41 Å². The largest absolute Gasteiger partial charge is 0.345 e. The molecule has 1 aliphatic rings. The molecule has 0 radical (unpaired) electrons. The van der Waals surface area contributed by atoms with E-state index in [1.165, 1.54) is 12.8 Å². The summed E-state index contributed by atoms with van der Waals surface area (Å²) in [7, 11) is 1.94. The predicted octanol–water partition coefficient (Wildman–Crippen LogP) is 2.79. The third kappa shape index (κ3) is 3.71. The molecule has 2 N–H and O–H groups in total. The highest BCUT2D eigenvalue weighted by atomic mass is 16.2. The van der Waals surface area contributed by atoms with Gasteiger partial charge in [0.25, 0.3) is 0 Å². The topological polar surface area (TPSA) is 46.3 Å². The van der Waals surface area contributed by atoms with Crippen LogP contribution < -0.4 is 5.73 Å². The third-order valence-electron chi connectivity index (χ3n) is 4.52. The molecule has 0 spiro atoms. The lowest BCUT2D eigenvalue weighted by Gasteiger charge is -2.39.